The summed E-state index contributed by atoms with van der Waals surface area (Å²) in [6, 6.07) is 18.8. The molecule has 2 rings (SSSR count). The minimum Gasteiger partial charge on any atom is -0.291 e. The lowest BCUT2D eigenvalue weighted by atomic mass is 10.1. The monoisotopic (exact) mass is 318 g/mol. The Labute approximate surface area is 131 Å². The van der Waals surface area contributed by atoms with Gasteiger partial charge in [0.15, 0.2) is 5.78 Å². The molecule has 0 heterocycles. The molecule has 1 atom stereocenters. The normalized spacial score (nSPS) is 12.9. The summed E-state index contributed by atoms with van der Waals surface area (Å²) in [6.45, 7) is 0. The molecule has 0 aliphatic carbocycles. The Morgan fingerprint density at radius 3 is 2.00 bits per heavy atom. The molecular formula is C17H21NO3P+. The molecule has 0 aromatic heterocycles. The van der Waals surface area contributed by atoms with Gasteiger partial charge in [-0.05, 0) is 17.5 Å². The van der Waals surface area contributed by atoms with Gasteiger partial charge in [-0.1, -0.05) is 60.7 Å². The number of carbonyl (C=O) groups excluding carboxylic acids is 1. The Hall–Kier alpha value is -1.58. The van der Waals surface area contributed by atoms with Crippen LogP contribution in [-0.4, -0.2) is 21.1 Å². The van der Waals surface area contributed by atoms with Crippen LogP contribution in [-0.2, 0) is 17.6 Å². The summed E-state index contributed by atoms with van der Waals surface area (Å²) < 4.78 is 0. The molecular weight excluding hydrogens is 297 g/mol. The molecule has 0 saturated heterocycles. The lowest BCUT2D eigenvalue weighted by molar-refractivity contribution is -0.113. The second kappa shape index (κ2) is 7.61. The predicted molar refractivity (Wildman–Crippen MR) is 89.2 cm³/mol. The van der Waals surface area contributed by atoms with E-state index in [0.717, 1.165) is 11.1 Å². The summed E-state index contributed by atoms with van der Waals surface area (Å²) in [5.74, 6) is -0.946. The van der Waals surface area contributed by atoms with E-state index in [1.807, 2.05) is 60.7 Å². The van der Waals surface area contributed by atoms with Gasteiger partial charge in [0, 0.05) is 6.42 Å². The average molecular weight is 318 g/mol. The van der Waals surface area contributed by atoms with Crippen LogP contribution < -0.4 is 5.73 Å². The van der Waals surface area contributed by atoms with E-state index in [9.17, 15) is 14.6 Å². The van der Waals surface area contributed by atoms with Crippen molar-refractivity contribution in [2.24, 2.45) is 5.73 Å². The number of nitrogens with two attached hydrogens (primary N) is 1. The first kappa shape index (κ1) is 16.8. The van der Waals surface area contributed by atoms with Crippen LogP contribution in [0.5, 0.6) is 0 Å². The van der Waals surface area contributed by atoms with Crippen LogP contribution in [0, 0.1) is 0 Å². The number of hydrogen-bond acceptors (Lipinski definition) is 4. The first-order valence-electron chi connectivity index (χ1n) is 7.21. The molecule has 22 heavy (non-hydrogen) atoms. The minimum absolute atomic E-state index is 0.0906. The highest BCUT2D eigenvalue weighted by Crippen LogP contribution is 2.55. The molecule has 4 nitrogen and oxygen atoms in total. The van der Waals surface area contributed by atoms with Crippen molar-refractivity contribution in [1.82, 2.24) is 0 Å². The molecule has 2 aromatic carbocycles. The predicted octanol–water partition coefficient (Wildman–Crippen LogP) is 2.51. The van der Waals surface area contributed by atoms with Gasteiger partial charge in [-0.2, -0.15) is 0 Å². The van der Waals surface area contributed by atoms with Gasteiger partial charge in [-0.3, -0.25) is 5.73 Å². The highest BCUT2D eigenvalue weighted by atomic mass is 31.2. The average Bonchev–Trinajstić information content (AvgIpc) is 2.54. The van der Waals surface area contributed by atoms with Crippen molar-refractivity contribution in [2.75, 3.05) is 0 Å². The third-order valence-corrected chi connectivity index (χ3v) is 5.65. The van der Waals surface area contributed by atoms with Gasteiger partial charge in [-0.15, -0.1) is 0 Å². The highest BCUT2D eigenvalue weighted by Gasteiger charge is 2.49. The SMILES string of the molecule is NC(Cc1ccccc1)[P+](O)(O)C(=O)CCc1ccccc1. The lowest BCUT2D eigenvalue weighted by Crippen LogP contribution is -2.30. The number of rotatable bonds is 7. The molecule has 0 radical (unpaired) electrons. The second-order valence-electron chi connectivity index (χ2n) is 5.29. The number of benzene rings is 2. The van der Waals surface area contributed by atoms with Gasteiger partial charge in [0.05, 0.1) is 6.42 Å². The molecule has 0 bridgehead atoms. The van der Waals surface area contributed by atoms with E-state index in [-0.39, 0.29) is 12.8 Å². The molecule has 1 unspecified atom stereocenters. The zero-order chi connectivity index (χ0) is 16.0. The molecule has 0 saturated carbocycles. The Bertz CT molecular complexity index is 602. The van der Waals surface area contributed by atoms with E-state index in [1.165, 1.54) is 0 Å². The Kier molecular flexibility index (Phi) is 5.81. The summed E-state index contributed by atoms with van der Waals surface area (Å²) in [7, 11) is -3.79. The van der Waals surface area contributed by atoms with Crippen LogP contribution >= 0.6 is 7.72 Å². The summed E-state index contributed by atoms with van der Waals surface area (Å²) >= 11 is 0. The largest absolute Gasteiger partial charge is 0.354 e. The quantitative estimate of drug-likeness (QED) is 0.685. The summed E-state index contributed by atoms with van der Waals surface area (Å²) in [6.07, 6.45) is 0.854. The van der Waals surface area contributed by atoms with Crippen molar-refractivity contribution < 1.29 is 14.6 Å². The molecule has 2 aromatic rings. The number of aryl methyl sites for hydroxylation is 1. The van der Waals surface area contributed by atoms with Gasteiger partial charge in [0.2, 0.25) is 0 Å². The van der Waals surface area contributed by atoms with E-state index in [1.54, 1.807) is 0 Å². The van der Waals surface area contributed by atoms with Crippen LogP contribution in [0.4, 0.5) is 0 Å². The third kappa shape index (κ3) is 4.46. The zero-order valence-corrected chi connectivity index (χ0v) is 13.2. The fourth-order valence-corrected chi connectivity index (χ4v) is 3.50. The standard InChI is InChI=1S/C17H21NO3P/c18-16(13-15-9-5-2-6-10-15)22(20,21)17(19)12-11-14-7-3-1-4-8-14/h1-10,16,20-21H,11-13,18H2/q+1. The van der Waals surface area contributed by atoms with Crippen molar-refractivity contribution in [2.45, 2.75) is 25.0 Å². The molecule has 0 spiro atoms. The van der Waals surface area contributed by atoms with Crippen molar-refractivity contribution >= 4 is 13.2 Å². The minimum atomic E-state index is -3.79. The van der Waals surface area contributed by atoms with Gasteiger partial charge in [-0.25, -0.2) is 14.6 Å². The summed E-state index contributed by atoms with van der Waals surface area (Å²) in [5.41, 5.74) is 7.22. The van der Waals surface area contributed by atoms with Crippen molar-refractivity contribution in [1.29, 1.82) is 0 Å². The molecule has 0 aliphatic heterocycles. The summed E-state index contributed by atoms with van der Waals surface area (Å²) in [4.78, 5) is 32.5. The van der Waals surface area contributed by atoms with Crippen LogP contribution in [0.3, 0.4) is 0 Å². The Morgan fingerprint density at radius 2 is 1.45 bits per heavy atom. The molecule has 0 amide bonds. The van der Waals surface area contributed by atoms with E-state index in [2.05, 4.69) is 0 Å². The van der Waals surface area contributed by atoms with Crippen LogP contribution in [0.15, 0.2) is 60.7 Å². The van der Waals surface area contributed by atoms with Gasteiger partial charge < -0.3 is 0 Å². The van der Waals surface area contributed by atoms with Crippen molar-refractivity contribution in [3.8, 4) is 0 Å². The Morgan fingerprint density at radius 1 is 0.955 bits per heavy atom. The first-order valence-corrected chi connectivity index (χ1v) is 8.97. The smallest absolute Gasteiger partial charge is 0.291 e. The molecule has 4 N–H and O–H groups in total. The maximum absolute atomic E-state index is 12.1. The maximum atomic E-state index is 12.1. The fraction of sp³-hybridized carbons (Fsp3) is 0.235. The molecule has 5 heteroatoms. The van der Waals surface area contributed by atoms with Crippen LogP contribution in [0.25, 0.3) is 0 Å². The number of hydrogen-bond donors (Lipinski definition) is 3. The lowest BCUT2D eigenvalue weighted by Gasteiger charge is -2.17. The van der Waals surface area contributed by atoms with Gasteiger partial charge >= 0.3 is 13.2 Å². The maximum Gasteiger partial charge on any atom is 0.354 e. The van der Waals surface area contributed by atoms with Crippen molar-refractivity contribution in [3.63, 3.8) is 0 Å². The first-order chi connectivity index (χ1) is 10.5. The van der Waals surface area contributed by atoms with E-state index >= 15 is 0 Å². The van der Waals surface area contributed by atoms with Gasteiger partial charge in [0.1, 0.15) is 0 Å². The third-order valence-electron chi connectivity index (χ3n) is 3.59. The van der Waals surface area contributed by atoms with Gasteiger partial charge in [0.25, 0.3) is 0 Å². The topological polar surface area (TPSA) is 83.6 Å². The molecule has 116 valence electrons. The number of carbonyl (C=O) groups is 1. The second-order valence-corrected chi connectivity index (χ2v) is 7.75. The van der Waals surface area contributed by atoms with Crippen LogP contribution in [0.2, 0.25) is 0 Å². The van der Waals surface area contributed by atoms with Crippen LogP contribution in [0.1, 0.15) is 17.5 Å². The Balaban J connectivity index is 1.94. The summed E-state index contributed by atoms with van der Waals surface area (Å²) in [5, 5.41) is 0. The van der Waals surface area contributed by atoms with E-state index in [4.69, 9.17) is 5.73 Å². The molecule has 0 aliphatic rings. The van der Waals surface area contributed by atoms with E-state index < -0.39 is 19.0 Å². The van der Waals surface area contributed by atoms with E-state index in [0.29, 0.717) is 6.42 Å². The zero-order valence-electron chi connectivity index (χ0n) is 12.3. The fourth-order valence-electron chi connectivity index (χ4n) is 2.23. The highest BCUT2D eigenvalue weighted by molar-refractivity contribution is 7.81. The molecule has 0 fully saturated rings. The van der Waals surface area contributed by atoms with Crippen molar-refractivity contribution in [3.05, 3.63) is 71.8 Å².